The molecule has 0 saturated carbocycles. The van der Waals surface area contributed by atoms with Crippen molar-refractivity contribution in [3.05, 3.63) is 51.9 Å². The monoisotopic (exact) mass is 342 g/mol. The number of fused-ring (bicyclic) bond motifs is 1. The van der Waals surface area contributed by atoms with Gasteiger partial charge in [0.25, 0.3) is 11.8 Å². The van der Waals surface area contributed by atoms with E-state index < -0.39 is 6.10 Å². The first-order chi connectivity index (χ1) is 11.6. The highest BCUT2D eigenvalue weighted by atomic mass is 32.1. The first-order valence-electron chi connectivity index (χ1n) is 8.10. The minimum atomic E-state index is -0.433. The van der Waals surface area contributed by atoms with Crippen LogP contribution < -0.4 is 5.32 Å². The van der Waals surface area contributed by atoms with Gasteiger partial charge in [-0.05, 0) is 54.0 Å². The molecule has 1 aliphatic carbocycles. The van der Waals surface area contributed by atoms with Gasteiger partial charge in [-0.1, -0.05) is 6.07 Å². The van der Waals surface area contributed by atoms with Crippen LogP contribution in [0.2, 0.25) is 0 Å². The SMILES string of the molecule is O=C(Nc1sccc1C(=O)N1CC(O)C1)c1ccc2c(c1)CCC2. The first-order valence-corrected chi connectivity index (χ1v) is 8.98. The van der Waals surface area contributed by atoms with Crippen molar-refractivity contribution in [2.24, 2.45) is 0 Å². The predicted molar refractivity (Wildman–Crippen MR) is 92.6 cm³/mol. The number of carbonyl (C=O) groups excluding carboxylic acids is 2. The predicted octanol–water partition coefficient (Wildman–Crippen LogP) is 2.31. The lowest BCUT2D eigenvalue weighted by Gasteiger charge is -2.35. The van der Waals surface area contributed by atoms with E-state index in [4.69, 9.17) is 0 Å². The molecule has 24 heavy (non-hydrogen) atoms. The maximum Gasteiger partial charge on any atom is 0.257 e. The van der Waals surface area contributed by atoms with Crippen LogP contribution in [0.1, 0.15) is 38.3 Å². The van der Waals surface area contributed by atoms with Crippen molar-refractivity contribution in [2.45, 2.75) is 25.4 Å². The zero-order chi connectivity index (χ0) is 16.7. The standard InChI is InChI=1S/C18H18N2O3S/c21-14-9-20(10-14)18(23)15-6-7-24-17(15)19-16(22)13-5-4-11-2-1-3-12(11)8-13/h4-8,14,21H,1-3,9-10H2,(H,19,22). The van der Waals surface area contributed by atoms with Crippen LogP contribution >= 0.6 is 11.3 Å². The van der Waals surface area contributed by atoms with Crippen molar-refractivity contribution < 1.29 is 14.7 Å². The van der Waals surface area contributed by atoms with E-state index in [9.17, 15) is 14.7 Å². The number of nitrogens with zero attached hydrogens (tertiary/aromatic N) is 1. The number of hydrogen-bond acceptors (Lipinski definition) is 4. The number of likely N-dealkylation sites (tertiary alicyclic amines) is 1. The van der Waals surface area contributed by atoms with Crippen molar-refractivity contribution in [1.82, 2.24) is 4.90 Å². The summed E-state index contributed by atoms with van der Waals surface area (Å²) in [5.41, 5.74) is 3.69. The Bertz CT molecular complexity index is 808. The Morgan fingerprint density at radius 2 is 1.96 bits per heavy atom. The largest absolute Gasteiger partial charge is 0.389 e. The van der Waals surface area contributed by atoms with Crippen LogP contribution in [-0.4, -0.2) is 41.0 Å². The molecule has 0 atom stereocenters. The van der Waals surface area contributed by atoms with Crippen LogP contribution in [0.15, 0.2) is 29.6 Å². The Balaban J connectivity index is 1.50. The molecule has 4 rings (SSSR count). The smallest absolute Gasteiger partial charge is 0.257 e. The van der Waals surface area contributed by atoms with Crippen LogP contribution in [0.3, 0.4) is 0 Å². The number of nitrogens with one attached hydrogen (secondary N) is 1. The van der Waals surface area contributed by atoms with Crippen LogP contribution in [0.25, 0.3) is 0 Å². The fourth-order valence-corrected chi connectivity index (χ4v) is 4.03. The summed E-state index contributed by atoms with van der Waals surface area (Å²) in [5.74, 6) is -0.337. The minimum absolute atomic E-state index is 0.147. The normalized spacial score (nSPS) is 16.6. The molecule has 1 aromatic carbocycles. The Labute approximate surface area is 143 Å². The molecule has 124 valence electrons. The number of β-amino-alcohol motifs (C(OH)–C–C–N with tert-alkyl or cyclic N) is 1. The lowest BCUT2D eigenvalue weighted by atomic mass is 10.1. The number of anilines is 1. The van der Waals surface area contributed by atoms with Crippen LogP contribution in [-0.2, 0) is 12.8 Å². The van der Waals surface area contributed by atoms with Crippen LogP contribution in [0.4, 0.5) is 5.00 Å². The molecule has 1 aromatic heterocycles. The van der Waals surface area contributed by atoms with Gasteiger partial charge in [0.15, 0.2) is 0 Å². The Kier molecular flexibility index (Phi) is 3.86. The third-order valence-corrected chi connectivity index (χ3v) is 5.46. The number of carbonyl (C=O) groups is 2. The molecule has 2 amide bonds. The fraction of sp³-hybridized carbons (Fsp3) is 0.333. The van der Waals surface area contributed by atoms with E-state index in [0.717, 1.165) is 19.3 Å². The molecular formula is C18H18N2O3S. The topological polar surface area (TPSA) is 69.6 Å². The summed E-state index contributed by atoms with van der Waals surface area (Å²) in [6.07, 6.45) is 2.82. The molecule has 0 unspecified atom stereocenters. The van der Waals surface area contributed by atoms with Crippen molar-refractivity contribution >= 4 is 28.2 Å². The van der Waals surface area contributed by atoms with E-state index in [-0.39, 0.29) is 11.8 Å². The third-order valence-electron chi connectivity index (χ3n) is 4.63. The second kappa shape index (κ2) is 6.03. The summed E-state index contributed by atoms with van der Waals surface area (Å²) in [6, 6.07) is 7.55. The summed E-state index contributed by atoms with van der Waals surface area (Å²) in [4.78, 5) is 26.5. The van der Waals surface area contributed by atoms with Gasteiger partial charge in [0.1, 0.15) is 5.00 Å². The summed E-state index contributed by atoms with van der Waals surface area (Å²) in [6.45, 7) is 0.708. The van der Waals surface area contributed by atoms with Gasteiger partial charge in [-0.3, -0.25) is 9.59 Å². The summed E-state index contributed by atoms with van der Waals surface area (Å²) in [5, 5.41) is 14.6. The van der Waals surface area contributed by atoms with Crippen molar-refractivity contribution in [3.8, 4) is 0 Å². The second-order valence-corrected chi connectivity index (χ2v) is 7.23. The lowest BCUT2D eigenvalue weighted by molar-refractivity contribution is 0.00599. The molecule has 0 bridgehead atoms. The Morgan fingerprint density at radius 3 is 2.75 bits per heavy atom. The van der Waals surface area contributed by atoms with Gasteiger partial charge < -0.3 is 15.3 Å². The zero-order valence-electron chi connectivity index (χ0n) is 13.1. The van der Waals surface area contributed by atoms with E-state index in [1.807, 2.05) is 18.2 Å². The molecule has 5 nitrogen and oxygen atoms in total. The van der Waals surface area contributed by atoms with E-state index >= 15 is 0 Å². The van der Waals surface area contributed by atoms with Crippen molar-refractivity contribution in [1.29, 1.82) is 0 Å². The number of rotatable bonds is 3. The van der Waals surface area contributed by atoms with E-state index in [1.54, 1.807) is 16.3 Å². The lowest BCUT2D eigenvalue weighted by Crippen LogP contribution is -2.53. The van der Waals surface area contributed by atoms with E-state index in [0.29, 0.717) is 29.2 Å². The highest BCUT2D eigenvalue weighted by Gasteiger charge is 2.31. The molecule has 1 fully saturated rings. The first kappa shape index (κ1) is 15.4. The van der Waals surface area contributed by atoms with Gasteiger partial charge in [-0.2, -0.15) is 0 Å². The number of aliphatic hydroxyl groups is 1. The van der Waals surface area contributed by atoms with E-state index in [1.165, 1.54) is 22.5 Å². The van der Waals surface area contributed by atoms with Crippen LogP contribution in [0, 0.1) is 0 Å². The molecule has 2 N–H and O–H groups in total. The molecule has 2 aliphatic rings. The van der Waals surface area contributed by atoms with Gasteiger partial charge in [0.05, 0.1) is 11.7 Å². The summed E-state index contributed by atoms with van der Waals surface area (Å²) in [7, 11) is 0. The number of thiophene rings is 1. The summed E-state index contributed by atoms with van der Waals surface area (Å²) >= 11 is 1.34. The number of aliphatic hydroxyl groups excluding tert-OH is 1. The van der Waals surface area contributed by atoms with Crippen molar-refractivity contribution in [2.75, 3.05) is 18.4 Å². The highest BCUT2D eigenvalue weighted by Crippen LogP contribution is 2.28. The molecule has 1 saturated heterocycles. The van der Waals surface area contributed by atoms with E-state index in [2.05, 4.69) is 5.32 Å². The Morgan fingerprint density at radius 1 is 1.17 bits per heavy atom. The maximum atomic E-state index is 12.5. The summed E-state index contributed by atoms with van der Waals surface area (Å²) < 4.78 is 0. The molecule has 0 radical (unpaired) electrons. The molecule has 1 aliphatic heterocycles. The van der Waals surface area contributed by atoms with Gasteiger partial charge in [-0.25, -0.2) is 0 Å². The zero-order valence-corrected chi connectivity index (χ0v) is 13.9. The molecule has 2 heterocycles. The average Bonchev–Trinajstić information content (AvgIpc) is 3.19. The average molecular weight is 342 g/mol. The third kappa shape index (κ3) is 2.72. The Hall–Kier alpha value is -2.18. The molecule has 2 aromatic rings. The highest BCUT2D eigenvalue weighted by molar-refractivity contribution is 7.14. The van der Waals surface area contributed by atoms with Crippen molar-refractivity contribution in [3.63, 3.8) is 0 Å². The van der Waals surface area contributed by atoms with Gasteiger partial charge in [-0.15, -0.1) is 11.3 Å². The van der Waals surface area contributed by atoms with Crippen LogP contribution in [0.5, 0.6) is 0 Å². The number of amides is 2. The number of hydrogen-bond donors (Lipinski definition) is 2. The maximum absolute atomic E-state index is 12.5. The quantitative estimate of drug-likeness (QED) is 0.899. The fourth-order valence-electron chi connectivity index (χ4n) is 3.25. The number of aryl methyl sites for hydroxylation is 2. The van der Waals surface area contributed by atoms with Gasteiger partial charge in [0, 0.05) is 18.7 Å². The molecular weight excluding hydrogens is 324 g/mol. The molecule has 6 heteroatoms. The van der Waals surface area contributed by atoms with Gasteiger partial charge >= 0.3 is 0 Å². The molecule has 0 spiro atoms. The second-order valence-electron chi connectivity index (χ2n) is 6.32. The minimum Gasteiger partial charge on any atom is -0.389 e. The number of benzene rings is 1. The van der Waals surface area contributed by atoms with Gasteiger partial charge in [0.2, 0.25) is 0 Å².